The van der Waals surface area contributed by atoms with Gasteiger partial charge in [-0.2, -0.15) is 0 Å². The van der Waals surface area contributed by atoms with Crippen LogP contribution in [0.25, 0.3) is 0 Å². The fraction of sp³-hybridized carbons (Fsp3) is 0.562. The van der Waals surface area contributed by atoms with Gasteiger partial charge in [-0.15, -0.1) is 0 Å². The summed E-state index contributed by atoms with van der Waals surface area (Å²) in [5.74, 6) is 0.173. The van der Waals surface area contributed by atoms with Crippen LogP contribution in [0.4, 0.5) is 0 Å². The van der Waals surface area contributed by atoms with Gasteiger partial charge in [0, 0.05) is 12.6 Å². The number of rotatable bonds is 6. The second-order valence-electron chi connectivity index (χ2n) is 5.25. The standard InChI is InChI=1S/C16H23NO3/c1-3-17(10-9-16(18)19)15-6-4-5-12-11-13(20-2)7-8-14(12)15/h7-8,11,15H,3-6,9-10H2,1-2H3,(H,18,19). The average molecular weight is 277 g/mol. The van der Waals surface area contributed by atoms with E-state index in [4.69, 9.17) is 9.84 Å². The minimum atomic E-state index is -0.728. The van der Waals surface area contributed by atoms with Gasteiger partial charge in [0.15, 0.2) is 0 Å². The number of ether oxygens (including phenoxy) is 1. The van der Waals surface area contributed by atoms with Gasteiger partial charge in [0.05, 0.1) is 13.5 Å². The van der Waals surface area contributed by atoms with Crippen molar-refractivity contribution < 1.29 is 14.6 Å². The maximum Gasteiger partial charge on any atom is 0.304 e. The van der Waals surface area contributed by atoms with Gasteiger partial charge in [-0.3, -0.25) is 9.69 Å². The maximum absolute atomic E-state index is 10.8. The SMILES string of the molecule is CCN(CCC(=O)O)C1CCCc2cc(OC)ccc21. The number of aryl methyl sites for hydroxylation is 1. The molecule has 110 valence electrons. The van der Waals surface area contributed by atoms with Crippen molar-refractivity contribution in [2.75, 3.05) is 20.2 Å². The number of carbonyl (C=O) groups is 1. The van der Waals surface area contributed by atoms with Gasteiger partial charge in [-0.25, -0.2) is 0 Å². The van der Waals surface area contributed by atoms with E-state index in [9.17, 15) is 4.79 Å². The van der Waals surface area contributed by atoms with E-state index < -0.39 is 5.97 Å². The first-order valence-electron chi connectivity index (χ1n) is 7.28. The first-order valence-corrected chi connectivity index (χ1v) is 7.28. The summed E-state index contributed by atoms with van der Waals surface area (Å²) in [6.07, 6.45) is 3.54. The van der Waals surface area contributed by atoms with Crippen molar-refractivity contribution in [1.82, 2.24) is 4.90 Å². The summed E-state index contributed by atoms with van der Waals surface area (Å²) < 4.78 is 5.29. The molecule has 0 amide bonds. The predicted molar refractivity (Wildman–Crippen MR) is 78.2 cm³/mol. The van der Waals surface area contributed by atoms with Crippen molar-refractivity contribution in [2.45, 2.75) is 38.6 Å². The third kappa shape index (κ3) is 3.31. The molecule has 0 fully saturated rings. The first-order chi connectivity index (χ1) is 9.65. The number of carboxylic acids is 1. The van der Waals surface area contributed by atoms with Crippen molar-refractivity contribution in [1.29, 1.82) is 0 Å². The monoisotopic (exact) mass is 277 g/mol. The first kappa shape index (κ1) is 14.9. The molecule has 1 unspecified atom stereocenters. The normalized spacial score (nSPS) is 17.9. The number of aliphatic carboxylic acids is 1. The zero-order valence-corrected chi connectivity index (χ0v) is 12.3. The Balaban J connectivity index is 2.19. The van der Waals surface area contributed by atoms with Gasteiger partial charge >= 0.3 is 5.97 Å². The van der Waals surface area contributed by atoms with Crippen LogP contribution < -0.4 is 4.74 Å². The lowest BCUT2D eigenvalue weighted by molar-refractivity contribution is -0.137. The second kappa shape index (κ2) is 6.75. The molecule has 0 saturated carbocycles. The third-order valence-corrected chi connectivity index (χ3v) is 4.09. The molecule has 0 heterocycles. The second-order valence-corrected chi connectivity index (χ2v) is 5.25. The van der Waals surface area contributed by atoms with Gasteiger partial charge in [-0.05, 0) is 49.1 Å². The molecule has 1 atom stereocenters. The van der Waals surface area contributed by atoms with Crippen molar-refractivity contribution in [2.24, 2.45) is 0 Å². The molecule has 1 aromatic carbocycles. The highest BCUT2D eigenvalue weighted by atomic mass is 16.5. The number of fused-ring (bicyclic) bond motifs is 1. The van der Waals surface area contributed by atoms with E-state index in [0.717, 1.165) is 31.6 Å². The molecule has 4 nitrogen and oxygen atoms in total. The number of methoxy groups -OCH3 is 1. The zero-order valence-electron chi connectivity index (χ0n) is 12.3. The van der Waals surface area contributed by atoms with Crippen molar-refractivity contribution in [3.8, 4) is 5.75 Å². The largest absolute Gasteiger partial charge is 0.497 e. The fourth-order valence-corrected chi connectivity index (χ4v) is 3.04. The summed E-state index contributed by atoms with van der Waals surface area (Å²) in [5, 5.41) is 8.88. The molecule has 1 aromatic rings. The molecule has 0 radical (unpaired) electrons. The molecule has 0 saturated heterocycles. The summed E-state index contributed by atoms with van der Waals surface area (Å²) >= 11 is 0. The molecule has 0 aliphatic heterocycles. The van der Waals surface area contributed by atoms with Crippen molar-refractivity contribution >= 4 is 5.97 Å². The Morgan fingerprint density at radius 2 is 2.30 bits per heavy atom. The molecule has 0 aromatic heterocycles. The van der Waals surface area contributed by atoms with Crippen LogP contribution in [0.15, 0.2) is 18.2 Å². The van der Waals surface area contributed by atoms with Crippen LogP contribution in [0, 0.1) is 0 Å². The molecule has 2 rings (SSSR count). The highest BCUT2D eigenvalue weighted by Gasteiger charge is 2.25. The van der Waals surface area contributed by atoms with Gasteiger partial charge in [-0.1, -0.05) is 13.0 Å². The van der Waals surface area contributed by atoms with E-state index in [-0.39, 0.29) is 6.42 Å². The topological polar surface area (TPSA) is 49.8 Å². The molecule has 0 spiro atoms. The Labute approximate surface area is 120 Å². The molecule has 1 N–H and O–H groups in total. The van der Waals surface area contributed by atoms with E-state index in [1.54, 1.807) is 7.11 Å². The van der Waals surface area contributed by atoms with Gasteiger partial charge < -0.3 is 9.84 Å². The summed E-state index contributed by atoms with van der Waals surface area (Å²) in [5.41, 5.74) is 2.68. The molecular weight excluding hydrogens is 254 g/mol. The highest BCUT2D eigenvalue weighted by Crippen LogP contribution is 2.36. The molecular formula is C16H23NO3. The average Bonchev–Trinajstić information content (AvgIpc) is 2.47. The number of carboxylic acid groups (broad SMARTS) is 1. The number of nitrogens with zero attached hydrogens (tertiary/aromatic N) is 1. The Morgan fingerprint density at radius 3 is 2.95 bits per heavy atom. The lowest BCUT2D eigenvalue weighted by Gasteiger charge is -2.35. The van der Waals surface area contributed by atoms with Crippen LogP contribution in [-0.4, -0.2) is 36.2 Å². The quantitative estimate of drug-likeness (QED) is 0.868. The lowest BCUT2D eigenvalue weighted by Crippen LogP contribution is -2.33. The summed E-state index contributed by atoms with van der Waals surface area (Å²) in [4.78, 5) is 13.1. The number of hydrogen-bond acceptors (Lipinski definition) is 3. The highest BCUT2D eigenvalue weighted by molar-refractivity contribution is 5.66. The Kier molecular flexibility index (Phi) is 5.01. The Hall–Kier alpha value is -1.55. The van der Waals surface area contributed by atoms with Gasteiger partial charge in [0.1, 0.15) is 5.75 Å². The van der Waals surface area contributed by atoms with Crippen molar-refractivity contribution in [3.63, 3.8) is 0 Å². The Morgan fingerprint density at radius 1 is 1.50 bits per heavy atom. The lowest BCUT2D eigenvalue weighted by atomic mass is 9.86. The van der Waals surface area contributed by atoms with Crippen LogP contribution in [-0.2, 0) is 11.2 Å². The maximum atomic E-state index is 10.8. The van der Waals surface area contributed by atoms with Crippen LogP contribution in [0.3, 0.4) is 0 Å². The minimum absolute atomic E-state index is 0.204. The number of hydrogen-bond donors (Lipinski definition) is 1. The fourth-order valence-electron chi connectivity index (χ4n) is 3.04. The molecule has 4 heteroatoms. The van der Waals surface area contributed by atoms with E-state index in [2.05, 4.69) is 24.0 Å². The van der Waals surface area contributed by atoms with E-state index in [1.165, 1.54) is 11.1 Å². The van der Waals surface area contributed by atoms with E-state index in [1.807, 2.05) is 6.07 Å². The Bertz CT molecular complexity index is 473. The predicted octanol–water partition coefficient (Wildman–Crippen LogP) is 2.87. The summed E-state index contributed by atoms with van der Waals surface area (Å²) in [7, 11) is 1.69. The van der Waals surface area contributed by atoms with Crippen molar-refractivity contribution in [3.05, 3.63) is 29.3 Å². The minimum Gasteiger partial charge on any atom is -0.497 e. The van der Waals surface area contributed by atoms with Crippen LogP contribution in [0.1, 0.15) is 43.4 Å². The summed E-state index contributed by atoms with van der Waals surface area (Å²) in [6, 6.07) is 6.60. The molecule has 20 heavy (non-hydrogen) atoms. The number of benzene rings is 1. The molecule has 0 bridgehead atoms. The smallest absolute Gasteiger partial charge is 0.304 e. The molecule has 1 aliphatic rings. The van der Waals surface area contributed by atoms with Gasteiger partial charge in [0.2, 0.25) is 0 Å². The van der Waals surface area contributed by atoms with Gasteiger partial charge in [0.25, 0.3) is 0 Å². The third-order valence-electron chi connectivity index (χ3n) is 4.09. The van der Waals surface area contributed by atoms with E-state index >= 15 is 0 Å². The van der Waals surface area contributed by atoms with Crippen LogP contribution >= 0.6 is 0 Å². The van der Waals surface area contributed by atoms with Crippen LogP contribution in [0.5, 0.6) is 5.75 Å². The summed E-state index contributed by atoms with van der Waals surface area (Å²) in [6.45, 7) is 3.59. The van der Waals surface area contributed by atoms with Crippen LogP contribution in [0.2, 0.25) is 0 Å². The molecule has 1 aliphatic carbocycles. The zero-order chi connectivity index (χ0) is 14.5. The van der Waals surface area contributed by atoms with E-state index in [0.29, 0.717) is 12.6 Å².